The van der Waals surface area contributed by atoms with E-state index in [0.29, 0.717) is 67.0 Å². The van der Waals surface area contributed by atoms with Gasteiger partial charge in [-0.2, -0.15) is 4.98 Å². The van der Waals surface area contributed by atoms with Gasteiger partial charge in [0.1, 0.15) is 17.7 Å². The van der Waals surface area contributed by atoms with Crippen LogP contribution in [0.2, 0.25) is 0 Å². The van der Waals surface area contributed by atoms with Crippen LogP contribution in [0.5, 0.6) is 0 Å². The maximum absolute atomic E-state index is 13.9. The molecule has 11 heteroatoms. The highest BCUT2D eigenvalue weighted by Crippen LogP contribution is 2.35. The predicted octanol–water partition coefficient (Wildman–Crippen LogP) is 3.09. The number of piperazine rings is 1. The van der Waals surface area contributed by atoms with Crippen LogP contribution >= 0.6 is 11.3 Å². The second-order valence-corrected chi connectivity index (χ2v) is 9.59. The number of nitrogen functional groups attached to an aromatic ring is 1. The Morgan fingerprint density at radius 2 is 2.00 bits per heavy atom. The number of halogens is 1. The minimum atomic E-state index is -0.373. The highest BCUT2D eigenvalue weighted by Gasteiger charge is 2.31. The third-order valence-electron chi connectivity index (χ3n) is 6.44. The van der Waals surface area contributed by atoms with Gasteiger partial charge in [0.2, 0.25) is 5.95 Å². The van der Waals surface area contributed by atoms with Gasteiger partial charge in [-0.25, -0.2) is 14.1 Å². The summed E-state index contributed by atoms with van der Waals surface area (Å²) in [6.07, 6.45) is 1.41. The summed E-state index contributed by atoms with van der Waals surface area (Å²) in [4.78, 5) is 27.2. The maximum Gasteiger partial charge on any atom is 0.251 e. The molecule has 0 saturated carbocycles. The van der Waals surface area contributed by atoms with E-state index in [0.717, 1.165) is 17.7 Å². The third kappa shape index (κ3) is 4.00. The van der Waals surface area contributed by atoms with Crippen molar-refractivity contribution in [1.29, 1.82) is 0 Å². The standard InChI is InChI=1S/C24H24FN7O2S/c25-15-4-1-5-16(14-15)32-21(26)19-20(18-7-3-13-35-18)27-24(28-22(19)29-32)31-10-8-30(9-11-31)23(33)17-6-2-12-34-17/h1,3-5,7,13-14,17H,2,6,8-12,26H2/t17-/m1/s1. The topological polar surface area (TPSA) is 102 Å². The summed E-state index contributed by atoms with van der Waals surface area (Å²) in [5.41, 5.74) is 8.15. The number of amides is 1. The van der Waals surface area contributed by atoms with E-state index in [-0.39, 0.29) is 17.8 Å². The van der Waals surface area contributed by atoms with Gasteiger partial charge in [-0.05, 0) is 42.5 Å². The van der Waals surface area contributed by atoms with Crippen LogP contribution in [0.3, 0.4) is 0 Å². The molecule has 2 aliphatic rings. The molecule has 2 fully saturated rings. The van der Waals surface area contributed by atoms with Gasteiger partial charge in [0.15, 0.2) is 5.65 Å². The maximum atomic E-state index is 13.9. The van der Waals surface area contributed by atoms with Crippen LogP contribution < -0.4 is 10.6 Å². The predicted molar refractivity (Wildman–Crippen MR) is 132 cm³/mol. The van der Waals surface area contributed by atoms with Gasteiger partial charge in [-0.1, -0.05) is 12.1 Å². The average Bonchev–Trinajstić information content (AvgIpc) is 3.65. The molecule has 0 bridgehead atoms. The Kier molecular flexibility index (Phi) is 5.57. The summed E-state index contributed by atoms with van der Waals surface area (Å²) < 4.78 is 21.0. The minimum Gasteiger partial charge on any atom is -0.383 e. The fourth-order valence-corrected chi connectivity index (χ4v) is 5.36. The Hall–Kier alpha value is -3.57. The molecule has 0 aliphatic carbocycles. The van der Waals surface area contributed by atoms with Crippen LogP contribution in [-0.2, 0) is 9.53 Å². The Bertz CT molecular complexity index is 1380. The van der Waals surface area contributed by atoms with Crippen molar-refractivity contribution >= 4 is 40.0 Å². The number of ether oxygens (including phenoxy) is 1. The number of benzene rings is 1. The van der Waals surface area contributed by atoms with E-state index in [9.17, 15) is 9.18 Å². The number of carbonyl (C=O) groups excluding carboxylic acids is 1. The molecular weight excluding hydrogens is 469 g/mol. The third-order valence-corrected chi connectivity index (χ3v) is 7.32. The molecule has 4 aromatic rings. The summed E-state index contributed by atoms with van der Waals surface area (Å²) in [7, 11) is 0. The number of rotatable bonds is 4. The number of aromatic nitrogens is 4. The van der Waals surface area contributed by atoms with Crippen LogP contribution in [-0.4, -0.2) is 69.4 Å². The van der Waals surface area contributed by atoms with E-state index in [2.05, 4.69) is 10.00 Å². The molecule has 2 aliphatic heterocycles. The van der Waals surface area contributed by atoms with Crippen molar-refractivity contribution in [2.24, 2.45) is 0 Å². The quantitative estimate of drug-likeness (QED) is 0.466. The first-order valence-corrected chi connectivity index (χ1v) is 12.5. The lowest BCUT2D eigenvalue weighted by molar-refractivity contribution is -0.141. The fraction of sp³-hybridized carbons (Fsp3) is 0.333. The Morgan fingerprint density at radius 3 is 2.71 bits per heavy atom. The van der Waals surface area contributed by atoms with Crippen molar-refractivity contribution in [3.8, 4) is 16.3 Å². The first kappa shape index (κ1) is 21.9. The molecule has 1 aromatic carbocycles. The highest BCUT2D eigenvalue weighted by atomic mass is 32.1. The van der Waals surface area contributed by atoms with Crippen LogP contribution in [0, 0.1) is 5.82 Å². The molecule has 1 atom stereocenters. The number of hydrogen-bond donors (Lipinski definition) is 1. The number of nitrogens with two attached hydrogens (primary N) is 1. The van der Waals surface area contributed by atoms with Crippen molar-refractivity contribution < 1.29 is 13.9 Å². The van der Waals surface area contributed by atoms with Gasteiger partial charge >= 0.3 is 0 Å². The van der Waals surface area contributed by atoms with E-state index in [1.165, 1.54) is 16.8 Å². The summed E-state index contributed by atoms with van der Waals surface area (Å²) >= 11 is 1.55. The molecule has 5 heterocycles. The van der Waals surface area contributed by atoms with E-state index in [1.54, 1.807) is 23.5 Å². The van der Waals surface area contributed by atoms with Gasteiger partial charge in [0, 0.05) is 32.8 Å². The molecule has 2 saturated heterocycles. The first-order chi connectivity index (χ1) is 17.1. The summed E-state index contributed by atoms with van der Waals surface area (Å²) in [5.74, 6) is 0.586. The number of carbonyl (C=O) groups is 1. The van der Waals surface area contributed by atoms with Crippen molar-refractivity contribution in [2.75, 3.05) is 43.4 Å². The van der Waals surface area contributed by atoms with Crippen molar-refractivity contribution in [3.05, 3.63) is 47.6 Å². The van der Waals surface area contributed by atoms with Crippen LogP contribution in [0.25, 0.3) is 27.3 Å². The second kappa shape index (κ2) is 8.90. The summed E-state index contributed by atoms with van der Waals surface area (Å²) in [6, 6.07) is 10.1. The minimum absolute atomic E-state index is 0.0689. The van der Waals surface area contributed by atoms with Gasteiger partial charge in [-0.15, -0.1) is 16.4 Å². The molecule has 2 N–H and O–H groups in total. The van der Waals surface area contributed by atoms with E-state index in [4.69, 9.17) is 20.4 Å². The Labute approximate surface area is 204 Å². The molecule has 3 aromatic heterocycles. The van der Waals surface area contributed by atoms with E-state index < -0.39 is 0 Å². The molecule has 1 amide bonds. The summed E-state index contributed by atoms with van der Waals surface area (Å²) in [6.45, 7) is 3.02. The van der Waals surface area contributed by atoms with Crippen molar-refractivity contribution in [2.45, 2.75) is 18.9 Å². The largest absolute Gasteiger partial charge is 0.383 e. The molecular formula is C24H24FN7O2S. The number of fused-ring (bicyclic) bond motifs is 1. The lowest BCUT2D eigenvalue weighted by Gasteiger charge is -2.35. The van der Waals surface area contributed by atoms with Crippen LogP contribution in [0.4, 0.5) is 16.2 Å². The number of nitrogens with zero attached hydrogens (tertiary/aromatic N) is 6. The van der Waals surface area contributed by atoms with Crippen molar-refractivity contribution in [1.82, 2.24) is 24.6 Å². The molecule has 180 valence electrons. The lowest BCUT2D eigenvalue weighted by Crippen LogP contribution is -2.51. The smallest absolute Gasteiger partial charge is 0.251 e. The lowest BCUT2D eigenvalue weighted by atomic mass is 10.2. The monoisotopic (exact) mass is 493 g/mol. The normalized spacial score (nSPS) is 18.5. The average molecular weight is 494 g/mol. The van der Waals surface area contributed by atoms with Crippen molar-refractivity contribution in [3.63, 3.8) is 0 Å². The van der Waals surface area contributed by atoms with E-state index in [1.807, 2.05) is 22.4 Å². The van der Waals surface area contributed by atoms with Crippen LogP contribution in [0.15, 0.2) is 41.8 Å². The van der Waals surface area contributed by atoms with Gasteiger partial charge in [0.25, 0.3) is 5.91 Å². The molecule has 35 heavy (non-hydrogen) atoms. The number of anilines is 2. The molecule has 0 unspecified atom stereocenters. The van der Waals surface area contributed by atoms with E-state index >= 15 is 0 Å². The number of hydrogen-bond acceptors (Lipinski definition) is 8. The Morgan fingerprint density at radius 1 is 1.14 bits per heavy atom. The molecule has 0 radical (unpaired) electrons. The molecule has 9 nitrogen and oxygen atoms in total. The van der Waals surface area contributed by atoms with Gasteiger partial charge < -0.3 is 20.3 Å². The first-order valence-electron chi connectivity index (χ1n) is 11.6. The fourth-order valence-electron chi connectivity index (χ4n) is 4.64. The van der Waals surface area contributed by atoms with Gasteiger partial charge in [0.05, 0.1) is 21.6 Å². The van der Waals surface area contributed by atoms with Crippen LogP contribution in [0.1, 0.15) is 12.8 Å². The zero-order chi connectivity index (χ0) is 23.9. The Balaban J connectivity index is 1.35. The molecule has 6 rings (SSSR count). The highest BCUT2D eigenvalue weighted by molar-refractivity contribution is 7.13. The number of thiophene rings is 1. The zero-order valence-electron chi connectivity index (χ0n) is 18.9. The SMILES string of the molecule is Nc1c2c(-c3cccs3)nc(N3CCN(C(=O)[C@H]4CCCO4)CC3)nc2nn1-c1cccc(F)c1. The molecule has 0 spiro atoms. The summed E-state index contributed by atoms with van der Waals surface area (Å²) in [5, 5.41) is 7.23. The zero-order valence-corrected chi connectivity index (χ0v) is 19.7. The second-order valence-electron chi connectivity index (χ2n) is 8.64. The van der Waals surface area contributed by atoms with Gasteiger partial charge in [-0.3, -0.25) is 4.79 Å².